The Morgan fingerprint density at radius 3 is 2.24 bits per heavy atom. The molecule has 1 saturated heterocycles. The van der Waals surface area contributed by atoms with E-state index in [1.165, 1.54) is 6.07 Å². The van der Waals surface area contributed by atoms with Crippen molar-refractivity contribution in [1.29, 1.82) is 0 Å². The maximum Gasteiger partial charge on any atom is 0.269 e. The van der Waals surface area contributed by atoms with Crippen LogP contribution in [0.1, 0.15) is 21.5 Å². The predicted octanol–water partition coefficient (Wildman–Crippen LogP) is 3.53. The number of piperazine rings is 1. The number of hydrogen-bond donors (Lipinski definition) is 0. The Kier molecular flexibility index (Phi) is 7.04. The summed E-state index contributed by atoms with van der Waals surface area (Å²) in [6, 6.07) is 21.6. The highest BCUT2D eigenvalue weighted by Crippen LogP contribution is 2.19. The molecule has 0 atom stereocenters. The zero-order valence-corrected chi connectivity index (χ0v) is 19.4. The summed E-state index contributed by atoms with van der Waals surface area (Å²) in [6.07, 6.45) is 0. The lowest BCUT2D eigenvalue weighted by Crippen LogP contribution is -2.48. The molecule has 1 fully saturated rings. The van der Waals surface area contributed by atoms with Gasteiger partial charge in [-0.15, -0.1) is 0 Å². The van der Waals surface area contributed by atoms with E-state index < -0.39 is 14.8 Å². The first-order chi connectivity index (χ1) is 16.3. The Morgan fingerprint density at radius 1 is 0.853 bits per heavy atom. The van der Waals surface area contributed by atoms with Gasteiger partial charge in [-0.3, -0.25) is 19.8 Å². The van der Waals surface area contributed by atoms with Gasteiger partial charge in [-0.2, -0.15) is 0 Å². The molecule has 0 unspecified atom stereocenters. The minimum atomic E-state index is -3.50. The highest BCUT2D eigenvalue weighted by molar-refractivity contribution is 7.90. The van der Waals surface area contributed by atoms with Crippen LogP contribution in [0.4, 0.5) is 5.69 Å². The van der Waals surface area contributed by atoms with E-state index >= 15 is 0 Å². The molecule has 1 heterocycles. The number of carbonyl (C=O) groups excluding carboxylic acids is 1. The summed E-state index contributed by atoms with van der Waals surface area (Å²) in [6.45, 7) is 2.93. The van der Waals surface area contributed by atoms with Gasteiger partial charge >= 0.3 is 0 Å². The molecule has 3 aromatic rings. The fourth-order valence-corrected chi connectivity index (χ4v) is 5.40. The lowest BCUT2D eigenvalue weighted by atomic mass is 10.1. The number of non-ortho nitro benzene ring substituents is 1. The third kappa shape index (κ3) is 5.67. The quantitative estimate of drug-likeness (QED) is 0.380. The number of nitro benzene ring substituents is 1. The van der Waals surface area contributed by atoms with Crippen LogP contribution in [0.5, 0.6) is 0 Å². The summed E-state index contributed by atoms with van der Waals surface area (Å²) in [5.41, 5.74) is 1.97. The molecule has 34 heavy (non-hydrogen) atoms. The van der Waals surface area contributed by atoms with E-state index in [9.17, 15) is 23.3 Å². The van der Waals surface area contributed by atoms with Gasteiger partial charge in [0.1, 0.15) is 0 Å². The zero-order valence-electron chi connectivity index (χ0n) is 18.5. The van der Waals surface area contributed by atoms with Gasteiger partial charge < -0.3 is 4.90 Å². The van der Waals surface area contributed by atoms with E-state index in [2.05, 4.69) is 4.90 Å². The summed E-state index contributed by atoms with van der Waals surface area (Å²) >= 11 is 0. The molecule has 4 rings (SSSR count). The first-order valence-electron chi connectivity index (χ1n) is 10.9. The smallest absolute Gasteiger partial charge is 0.269 e. The number of amides is 1. The van der Waals surface area contributed by atoms with E-state index in [4.69, 9.17) is 0 Å². The third-order valence-corrected chi connectivity index (χ3v) is 7.52. The van der Waals surface area contributed by atoms with Crippen molar-refractivity contribution in [2.75, 3.05) is 26.2 Å². The van der Waals surface area contributed by atoms with Gasteiger partial charge in [0.05, 0.1) is 15.6 Å². The maximum absolute atomic E-state index is 13.1. The maximum atomic E-state index is 13.1. The first kappa shape index (κ1) is 23.6. The lowest BCUT2D eigenvalue weighted by Gasteiger charge is -2.34. The third-order valence-electron chi connectivity index (χ3n) is 5.82. The van der Waals surface area contributed by atoms with E-state index in [1.54, 1.807) is 71.6 Å². The summed E-state index contributed by atoms with van der Waals surface area (Å²) in [5.74, 6) is -0.302. The van der Waals surface area contributed by atoms with Crippen molar-refractivity contribution in [3.05, 3.63) is 106 Å². The van der Waals surface area contributed by atoms with Crippen LogP contribution in [0.2, 0.25) is 0 Å². The molecule has 0 aromatic heterocycles. The molecule has 1 aliphatic rings. The topological polar surface area (TPSA) is 101 Å². The SMILES string of the molecule is O=C(c1cccc(CS(=O)(=O)c2ccccc2)c1)N1CCN(Cc2cccc([N+](=O)[O-])c2)CC1. The number of nitrogens with zero attached hydrogens (tertiary/aromatic N) is 3. The van der Waals surface area contributed by atoms with E-state index in [0.29, 0.717) is 43.9 Å². The van der Waals surface area contributed by atoms with Crippen molar-refractivity contribution in [2.24, 2.45) is 0 Å². The average molecular weight is 480 g/mol. The van der Waals surface area contributed by atoms with E-state index in [0.717, 1.165) is 5.56 Å². The highest BCUT2D eigenvalue weighted by Gasteiger charge is 2.23. The van der Waals surface area contributed by atoms with Gasteiger partial charge in [0.15, 0.2) is 9.84 Å². The summed E-state index contributed by atoms with van der Waals surface area (Å²) in [7, 11) is -3.50. The molecule has 0 saturated carbocycles. The molecule has 1 amide bonds. The second-order valence-corrected chi connectivity index (χ2v) is 10.3. The molecule has 1 aliphatic heterocycles. The fraction of sp³-hybridized carbons (Fsp3) is 0.240. The molecule has 8 nitrogen and oxygen atoms in total. The van der Waals surface area contributed by atoms with Crippen molar-refractivity contribution in [2.45, 2.75) is 17.2 Å². The number of rotatable bonds is 7. The van der Waals surface area contributed by atoms with Gasteiger partial charge in [0.2, 0.25) is 0 Å². The molecule has 0 aliphatic carbocycles. The largest absolute Gasteiger partial charge is 0.336 e. The molecule has 0 bridgehead atoms. The minimum Gasteiger partial charge on any atom is -0.336 e. The normalized spacial score (nSPS) is 14.6. The molecule has 0 spiro atoms. The predicted molar refractivity (Wildman–Crippen MR) is 128 cm³/mol. The van der Waals surface area contributed by atoms with Crippen molar-refractivity contribution >= 4 is 21.4 Å². The van der Waals surface area contributed by atoms with Gasteiger partial charge in [-0.1, -0.05) is 42.5 Å². The van der Waals surface area contributed by atoms with Gasteiger partial charge in [0, 0.05) is 50.4 Å². The number of sulfone groups is 1. The van der Waals surface area contributed by atoms with Crippen LogP contribution in [0.15, 0.2) is 83.8 Å². The Hall–Kier alpha value is -3.56. The molecular formula is C25H25N3O5S. The van der Waals surface area contributed by atoms with Gasteiger partial charge in [0.25, 0.3) is 11.6 Å². The second-order valence-electron chi connectivity index (χ2n) is 8.27. The summed E-state index contributed by atoms with van der Waals surface area (Å²) in [5, 5.41) is 11.0. The monoisotopic (exact) mass is 479 g/mol. The van der Waals surface area contributed by atoms with Crippen LogP contribution < -0.4 is 0 Å². The van der Waals surface area contributed by atoms with Crippen LogP contribution >= 0.6 is 0 Å². The van der Waals surface area contributed by atoms with Crippen LogP contribution in [0.3, 0.4) is 0 Å². The van der Waals surface area contributed by atoms with Gasteiger partial charge in [-0.25, -0.2) is 8.42 Å². The first-order valence-corrected chi connectivity index (χ1v) is 12.6. The van der Waals surface area contributed by atoms with Crippen LogP contribution in [-0.2, 0) is 22.1 Å². The Bertz CT molecular complexity index is 1290. The van der Waals surface area contributed by atoms with Crippen molar-refractivity contribution in [3.63, 3.8) is 0 Å². The summed E-state index contributed by atoms with van der Waals surface area (Å²) < 4.78 is 25.4. The molecule has 3 aromatic carbocycles. The number of carbonyl (C=O) groups is 1. The Morgan fingerprint density at radius 2 is 1.53 bits per heavy atom. The fourth-order valence-electron chi connectivity index (χ4n) is 4.04. The Balaban J connectivity index is 1.37. The molecule has 9 heteroatoms. The zero-order chi connectivity index (χ0) is 24.1. The lowest BCUT2D eigenvalue weighted by molar-refractivity contribution is -0.384. The Labute approximate surface area is 198 Å². The molecule has 176 valence electrons. The summed E-state index contributed by atoms with van der Waals surface area (Å²) in [4.78, 5) is 27.8. The van der Waals surface area contributed by atoms with Crippen LogP contribution in [0.25, 0.3) is 0 Å². The van der Waals surface area contributed by atoms with E-state index in [1.807, 2.05) is 6.07 Å². The van der Waals surface area contributed by atoms with Crippen molar-refractivity contribution < 1.29 is 18.1 Å². The molecule has 0 radical (unpaired) electrons. The second kappa shape index (κ2) is 10.1. The standard InChI is InChI=1S/C25H25N3O5S/c29-25(22-8-4-7-21(16-22)19-34(32,33)24-10-2-1-3-11-24)27-14-12-26(13-15-27)18-20-6-5-9-23(17-20)28(30)31/h1-11,16-17H,12-15,18-19H2. The van der Waals surface area contributed by atoms with Crippen molar-refractivity contribution in [1.82, 2.24) is 9.80 Å². The minimum absolute atomic E-state index is 0.0699. The van der Waals surface area contributed by atoms with Gasteiger partial charge in [-0.05, 0) is 35.4 Å². The number of nitro groups is 1. The average Bonchev–Trinajstić information content (AvgIpc) is 2.85. The molecular weight excluding hydrogens is 454 g/mol. The highest BCUT2D eigenvalue weighted by atomic mass is 32.2. The molecule has 0 N–H and O–H groups in total. The van der Waals surface area contributed by atoms with Crippen LogP contribution in [0, 0.1) is 10.1 Å². The number of hydrogen-bond acceptors (Lipinski definition) is 6. The van der Waals surface area contributed by atoms with Crippen LogP contribution in [-0.4, -0.2) is 55.2 Å². The number of benzene rings is 3. The van der Waals surface area contributed by atoms with E-state index in [-0.39, 0.29) is 22.2 Å². The van der Waals surface area contributed by atoms with Crippen molar-refractivity contribution in [3.8, 4) is 0 Å².